The lowest BCUT2D eigenvalue weighted by Gasteiger charge is -2.37. The fourth-order valence-electron chi connectivity index (χ4n) is 3.99. The Balaban J connectivity index is 1.62. The summed E-state index contributed by atoms with van der Waals surface area (Å²) in [5.74, 6) is 0. The van der Waals surface area contributed by atoms with E-state index in [0.717, 1.165) is 30.5 Å². The highest BCUT2D eigenvalue weighted by Crippen LogP contribution is 2.38. The van der Waals surface area contributed by atoms with Crippen LogP contribution in [-0.4, -0.2) is 33.0 Å². The van der Waals surface area contributed by atoms with E-state index in [4.69, 9.17) is 0 Å². The molecule has 0 atom stereocenters. The molecule has 0 saturated heterocycles. The number of pyridine rings is 1. The van der Waals surface area contributed by atoms with Gasteiger partial charge in [0.05, 0.1) is 6.20 Å². The molecule has 0 spiro atoms. The van der Waals surface area contributed by atoms with Crippen LogP contribution in [0.25, 0.3) is 11.0 Å². The molecule has 24 heavy (non-hydrogen) atoms. The fourth-order valence-corrected chi connectivity index (χ4v) is 3.99. The van der Waals surface area contributed by atoms with Gasteiger partial charge in [-0.3, -0.25) is 0 Å². The van der Waals surface area contributed by atoms with E-state index >= 15 is 0 Å². The molecular formula is C19H30N4O. The van der Waals surface area contributed by atoms with Crippen molar-refractivity contribution >= 4 is 11.0 Å². The van der Waals surface area contributed by atoms with E-state index in [-0.39, 0.29) is 5.41 Å². The summed E-state index contributed by atoms with van der Waals surface area (Å²) in [5.41, 5.74) is 2.44. The molecule has 5 heteroatoms. The van der Waals surface area contributed by atoms with Gasteiger partial charge < -0.3 is 10.4 Å². The van der Waals surface area contributed by atoms with E-state index < -0.39 is 0 Å². The lowest BCUT2D eigenvalue weighted by Crippen LogP contribution is -2.36. The van der Waals surface area contributed by atoms with Crippen LogP contribution in [0.15, 0.2) is 18.5 Å². The minimum Gasteiger partial charge on any atom is -0.396 e. The number of aromatic nitrogens is 3. The molecule has 132 valence electrons. The van der Waals surface area contributed by atoms with Crippen LogP contribution in [0.3, 0.4) is 0 Å². The van der Waals surface area contributed by atoms with Crippen molar-refractivity contribution in [1.82, 2.24) is 20.1 Å². The molecular weight excluding hydrogens is 300 g/mol. The zero-order chi connectivity index (χ0) is 17.0. The molecule has 1 saturated carbocycles. The van der Waals surface area contributed by atoms with E-state index in [2.05, 4.69) is 35.3 Å². The Bertz CT molecular complexity index is 653. The number of aliphatic hydroxyl groups is 1. The first-order valence-corrected chi connectivity index (χ1v) is 9.27. The smallest absolute Gasteiger partial charge is 0.157 e. The largest absolute Gasteiger partial charge is 0.396 e. The van der Waals surface area contributed by atoms with E-state index in [1.165, 1.54) is 37.7 Å². The summed E-state index contributed by atoms with van der Waals surface area (Å²) in [7, 11) is 0. The number of hydrogen-bond donors (Lipinski definition) is 2. The summed E-state index contributed by atoms with van der Waals surface area (Å²) in [6.07, 6.45) is 11.2. The third-order valence-corrected chi connectivity index (χ3v) is 5.36. The maximum atomic E-state index is 9.42. The SMILES string of the molecule is CC(C)n1ncc2cc(CNCC3(CCO)CCCCC3)cnc21. The van der Waals surface area contributed by atoms with Gasteiger partial charge in [-0.1, -0.05) is 19.3 Å². The minimum atomic E-state index is 0.285. The second-order valence-corrected chi connectivity index (χ2v) is 7.58. The van der Waals surface area contributed by atoms with Gasteiger partial charge in [0.1, 0.15) is 0 Å². The molecule has 0 aliphatic heterocycles. The summed E-state index contributed by atoms with van der Waals surface area (Å²) in [6.45, 7) is 6.34. The van der Waals surface area contributed by atoms with Crippen molar-refractivity contribution in [2.45, 2.75) is 65.0 Å². The predicted molar refractivity (Wildman–Crippen MR) is 96.8 cm³/mol. The van der Waals surface area contributed by atoms with Crippen LogP contribution in [0, 0.1) is 5.41 Å². The standard InChI is InChI=1S/C19H30N4O/c1-15(2)23-18-17(13-22-23)10-16(12-21-18)11-20-14-19(8-9-24)6-4-3-5-7-19/h10,12-13,15,20,24H,3-9,11,14H2,1-2H3. The molecule has 2 N–H and O–H groups in total. The Morgan fingerprint density at radius 2 is 2.04 bits per heavy atom. The highest BCUT2D eigenvalue weighted by atomic mass is 16.3. The van der Waals surface area contributed by atoms with Gasteiger partial charge in [-0.2, -0.15) is 5.10 Å². The second-order valence-electron chi connectivity index (χ2n) is 7.58. The van der Waals surface area contributed by atoms with Gasteiger partial charge in [0.25, 0.3) is 0 Å². The highest BCUT2D eigenvalue weighted by molar-refractivity contribution is 5.75. The van der Waals surface area contributed by atoms with Crippen molar-refractivity contribution in [3.63, 3.8) is 0 Å². The predicted octanol–water partition coefficient (Wildman–Crippen LogP) is 3.43. The van der Waals surface area contributed by atoms with E-state index in [1.54, 1.807) is 0 Å². The van der Waals surface area contributed by atoms with E-state index in [0.29, 0.717) is 12.6 Å². The Hall–Kier alpha value is -1.46. The number of nitrogens with zero attached hydrogens (tertiary/aromatic N) is 3. The number of aliphatic hydroxyl groups excluding tert-OH is 1. The Kier molecular flexibility index (Phi) is 5.51. The molecule has 0 unspecified atom stereocenters. The van der Waals surface area contributed by atoms with Crippen LogP contribution >= 0.6 is 0 Å². The zero-order valence-electron chi connectivity index (χ0n) is 15.0. The second kappa shape index (κ2) is 7.62. The maximum absolute atomic E-state index is 9.42. The zero-order valence-corrected chi connectivity index (χ0v) is 15.0. The van der Waals surface area contributed by atoms with Crippen molar-refractivity contribution in [1.29, 1.82) is 0 Å². The number of fused-ring (bicyclic) bond motifs is 1. The topological polar surface area (TPSA) is 63.0 Å². The average molecular weight is 330 g/mol. The lowest BCUT2D eigenvalue weighted by atomic mass is 9.72. The molecule has 5 nitrogen and oxygen atoms in total. The van der Waals surface area contributed by atoms with Crippen molar-refractivity contribution in [2.24, 2.45) is 5.41 Å². The van der Waals surface area contributed by atoms with Crippen LogP contribution in [0.1, 0.15) is 64.0 Å². The third kappa shape index (κ3) is 3.78. The van der Waals surface area contributed by atoms with Crippen molar-refractivity contribution in [3.8, 4) is 0 Å². The minimum absolute atomic E-state index is 0.285. The van der Waals surface area contributed by atoms with Crippen molar-refractivity contribution in [2.75, 3.05) is 13.2 Å². The molecule has 1 aliphatic carbocycles. The van der Waals surface area contributed by atoms with Crippen molar-refractivity contribution < 1.29 is 5.11 Å². The summed E-state index contributed by atoms with van der Waals surface area (Å²) < 4.78 is 1.96. The first kappa shape index (κ1) is 17.4. The molecule has 0 radical (unpaired) electrons. The molecule has 2 aromatic heterocycles. The van der Waals surface area contributed by atoms with Crippen LogP contribution in [0.2, 0.25) is 0 Å². The first-order chi connectivity index (χ1) is 11.6. The quantitative estimate of drug-likeness (QED) is 0.816. The maximum Gasteiger partial charge on any atom is 0.157 e. The van der Waals surface area contributed by atoms with Gasteiger partial charge in [0.15, 0.2) is 5.65 Å². The highest BCUT2D eigenvalue weighted by Gasteiger charge is 2.30. The summed E-state index contributed by atoms with van der Waals surface area (Å²) in [6, 6.07) is 2.50. The molecule has 2 aromatic rings. The van der Waals surface area contributed by atoms with Gasteiger partial charge in [-0.05, 0) is 50.2 Å². The molecule has 0 aromatic carbocycles. The van der Waals surface area contributed by atoms with E-state index in [1.807, 2.05) is 17.1 Å². The Morgan fingerprint density at radius 3 is 2.75 bits per heavy atom. The van der Waals surface area contributed by atoms with Gasteiger partial charge in [-0.25, -0.2) is 9.67 Å². The summed E-state index contributed by atoms with van der Waals surface area (Å²) in [5, 5.41) is 18.6. The number of hydrogen-bond acceptors (Lipinski definition) is 4. The summed E-state index contributed by atoms with van der Waals surface area (Å²) in [4.78, 5) is 4.60. The molecule has 0 amide bonds. The Labute approximate surface area is 144 Å². The van der Waals surface area contributed by atoms with E-state index in [9.17, 15) is 5.11 Å². The monoisotopic (exact) mass is 330 g/mol. The normalized spacial score (nSPS) is 17.7. The first-order valence-electron chi connectivity index (χ1n) is 9.27. The van der Waals surface area contributed by atoms with Crippen LogP contribution in [-0.2, 0) is 6.54 Å². The number of rotatable bonds is 7. The van der Waals surface area contributed by atoms with Crippen molar-refractivity contribution in [3.05, 3.63) is 24.0 Å². The van der Waals surface area contributed by atoms with Crippen LogP contribution in [0.4, 0.5) is 0 Å². The van der Waals surface area contributed by atoms with Crippen LogP contribution in [0.5, 0.6) is 0 Å². The third-order valence-electron chi connectivity index (χ3n) is 5.36. The molecule has 1 aliphatic rings. The van der Waals surface area contributed by atoms with Crippen LogP contribution < -0.4 is 5.32 Å². The number of nitrogens with one attached hydrogen (secondary N) is 1. The van der Waals surface area contributed by atoms with Gasteiger partial charge in [0.2, 0.25) is 0 Å². The fraction of sp³-hybridized carbons (Fsp3) is 0.684. The molecule has 2 heterocycles. The van der Waals surface area contributed by atoms with Gasteiger partial charge in [-0.15, -0.1) is 0 Å². The molecule has 1 fully saturated rings. The molecule has 0 bridgehead atoms. The molecule has 3 rings (SSSR count). The summed E-state index contributed by atoms with van der Waals surface area (Å²) >= 11 is 0. The van der Waals surface area contributed by atoms with Gasteiger partial charge in [0, 0.05) is 37.3 Å². The Morgan fingerprint density at radius 1 is 1.25 bits per heavy atom. The van der Waals surface area contributed by atoms with Gasteiger partial charge >= 0.3 is 0 Å². The average Bonchev–Trinajstić information content (AvgIpc) is 2.99. The lowest BCUT2D eigenvalue weighted by molar-refractivity contribution is 0.126.